The third-order valence-corrected chi connectivity index (χ3v) is 6.17. The molecule has 3 aliphatic rings. The lowest BCUT2D eigenvalue weighted by molar-refractivity contribution is 0.0954. The van der Waals surface area contributed by atoms with E-state index in [0.29, 0.717) is 11.3 Å². The minimum absolute atomic E-state index is 0.218. The Labute approximate surface area is 98.9 Å². The molecule has 0 saturated heterocycles. The van der Waals surface area contributed by atoms with Gasteiger partial charge in [-0.15, -0.1) is 0 Å². The lowest BCUT2D eigenvalue weighted by Crippen LogP contribution is -2.35. The van der Waals surface area contributed by atoms with Gasteiger partial charge in [0, 0.05) is 0 Å². The summed E-state index contributed by atoms with van der Waals surface area (Å²) in [5, 5.41) is 10.1. The van der Waals surface area contributed by atoms with Crippen LogP contribution in [0.5, 0.6) is 0 Å². The van der Waals surface area contributed by atoms with Crippen molar-refractivity contribution >= 4 is 0 Å². The van der Waals surface area contributed by atoms with Crippen molar-refractivity contribution in [2.24, 2.45) is 28.6 Å². The Balaban J connectivity index is 2.11. The van der Waals surface area contributed by atoms with E-state index in [-0.39, 0.29) is 11.5 Å². The number of rotatable bonds is 0. The number of aliphatic hydroxyl groups is 1. The maximum Gasteiger partial charge on any atom is 0.0756 e. The fraction of sp³-hybridized carbons (Fsp3) is 0.867. The first-order valence-corrected chi connectivity index (χ1v) is 6.77. The molecule has 90 valence electrons. The van der Waals surface area contributed by atoms with Gasteiger partial charge in [-0.1, -0.05) is 27.4 Å². The van der Waals surface area contributed by atoms with Gasteiger partial charge in [0.05, 0.1) is 6.10 Å². The molecule has 4 unspecified atom stereocenters. The molecule has 0 heterocycles. The van der Waals surface area contributed by atoms with E-state index in [1.807, 2.05) is 0 Å². The smallest absolute Gasteiger partial charge is 0.0756 e. The van der Waals surface area contributed by atoms with Crippen molar-refractivity contribution in [1.82, 2.24) is 0 Å². The quantitative estimate of drug-likeness (QED) is 0.620. The van der Waals surface area contributed by atoms with Gasteiger partial charge < -0.3 is 5.11 Å². The first kappa shape index (κ1) is 10.8. The first-order chi connectivity index (χ1) is 7.39. The second-order valence-corrected chi connectivity index (χ2v) is 7.17. The SMILES string of the molecule is C=C1[C@@H](O)CC2C3CCC(C)C12CC3(C)C. The number of hydrogen-bond donors (Lipinski definition) is 1. The van der Waals surface area contributed by atoms with Crippen molar-refractivity contribution < 1.29 is 5.11 Å². The molecule has 1 heteroatoms. The molecule has 0 spiro atoms. The second-order valence-electron chi connectivity index (χ2n) is 7.17. The standard InChI is InChI=1S/C15H24O/c1-9-5-6-11-12-7-13(16)10(2)15(9,12)8-14(11,3)4/h9,11-13,16H,2,5-8H2,1,3-4H3/t9?,11?,12?,13-,15?/m0/s1. The van der Waals surface area contributed by atoms with Crippen LogP contribution in [-0.2, 0) is 0 Å². The molecular formula is C15H24O. The van der Waals surface area contributed by atoms with E-state index < -0.39 is 0 Å². The summed E-state index contributed by atoms with van der Waals surface area (Å²) < 4.78 is 0. The molecule has 1 nitrogen and oxygen atoms in total. The van der Waals surface area contributed by atoms with Gasteiger partial charge in [-0.3, -0.25) is 0 Å². The molecule has 0 amide bonds. The van der Waals surface area contributed by atoms with Crippen molar-refractivity contribution in [3.8, 4) is 0 Å². The van der Waals surface area contributed by atoms with E-state index in [2.05, 4.69) is 27.4 Å². The van der Waals surface area contributed by atoms with Crippen LogP contribution in [0.4, 0.5) is 0 Å². The molecule has 0 aromatic carbocycles. The van der Waals surface area contributed by atoms with Crippen LogP contribution in [0.2, 0.25) is 0 Å². The summed E-state index contributed by atoms with van der Waals surface area (Å²) in [6, 6.07) is 0. The minimum Gasteiger partial charge on any atom is -0.389 e. The summed E-state index contributed by atoms with van der Waals surface area (Å²) in [5.74, 6) is 2.26. The lowest BCUT2D eigenvalue weighted by atomic mass is 9.62. The van der Waals surface area contributed by atoms with Crippen LogP contribution in [-0.4, -0.2) is 11.2 Å². The molecule has 0 aromatic heterocycles. The zero-order valence-electron chi connectivity index (χ0n) is 10.8. The van der Waals surface area contributed by atoms with E-state index in [9.17, 15) is 5.11 Å². The van der Waals surface area contributed by atoms with Gasteiger partial charge in [-0.2, -0.15) is 0 Å². The summed E-state index contributed by atoms with van der Waals surface area (Å²) in [4.78, 5) is 0. The molecular weight excluding hydrogens is 196 g/mol. The van der Waals surface area contributed by atoms with Crippen molar-refractivity contribution in [2.75, 3.05) is 0 Å². The van der Waals surface area contributed by atoms with Gasteiger partial charge in [-0.25, -0.2) is 0 Å². The zero-order valence-corrected chi connectivity index (χ0v) is 10.8. The maximum atomic E-state index is 10.1. The molecule has 0 radical (unpaired) electrons. The molecule has 3 rings (SSSR count). The van der Waals surface area contributed by atoms with E-state index in [1.165, 1.54) is 24.8 Å². The average Bonchev–Trinajstić information content (AvgIpc) is 2.51. The summed E-state index contributed by atoms with van der Waals surface area (Å²) >= 11 is 0. The molecule has 0 aliphatic heterocycles. The normalized spacial score (nSPS) is 54.1. The average molecular weight is 220 g/mol. The zero-order chi connectivity index (χ0) is 11.7. The largest absolute Gasteiger partial charge is 0.389 e. The highest BCUT2D eigenvalue weighted by Gasteiger charge is 2.66. The second kappa shape index (κ2) is 2.93. The fourth-order valence-electron chi connectivity index (χ4n) is 5.47. The summed E-state index contributed by atoms with van der Waals surface area (Å²) in [5.41, 5.74) is 1.91. The molecule has 3 saturated carbocycles. The highest BCUT2D eigenvalue weighted by Crippen LogP contribution is 2.72. The van der Waals surface area contributed by atoms with Crippen LogP contribution < -0.4 is 0 Å². The van der Waals surface area contributed by atoms with Gasteiger partial charge in [0.25, 0.3) is 0 Å². The Morgan fingerprint density at radius 1 is 1.25 bits per heavy atom. The molecule has 3 fully saturated rings. The third kappa shape index (κ3) is 1.01. The summed E-state index contributed by atoms with van der Waals surface area (Å²) in [6.45, 7) is 11.5. The summed E-state index contributed by atoms with van der Waals surface area (Å²) in [6.07, 6.45) is 4.71. The molecule has 0 aromatic rings. The maximum absolute atomic E-state index is 10.1. The van der Waals surface area contributed by atoms with Gasteiger partial charge in [0.1, 0.15) is 0 Å². The van der Waals surface area contributed by atoms with Crippen molar-refractivity contribution in [3.05, 3.63) is 12.2 Å². The lowest BCUT2D eigenvalue weighted by Gasteiger charge is -2.42. The number of hydrogen-bond acceptors (Lipinski definition) is 1. The van der Waals surface area contributed by atoms with Crippen molar-refractivity contribution in [3.63, 3.8) is 0 Å². The highest BCUT2D eigenvalue weighted by molar-refractivity contribution is 5.31. The van der Waals surface area contributed by atoms with Crippen LogP contribution in [0.25, 0.3) is 0 Å². The third-order valence-electron chi connectivity index (χ3n) is 6.17. The van der Waals surface area contributed by atoms with E-state index >= 15 is 0 Å². The first-order valence-electron chi connectivity index (χ1n) is 6.77. The molecule has 16 heavy (non-hydrogen) atoms. The predicted molar refractivity (Wildman–Crippen MR) is 66.0 cm³/mol. The summed E-state index contributed by atoms with van der Waals surface area (Å²) in [7, 11) is 0. The Hall–Kier alpha value is -0.300. The Kier molecular flexibility index (Phi) is 1.98. The van der Waals surface area contributed by atoms with Gasteiger partial charge in [0.15, 0.2) is 0 Å². The van der Waals surface area contributed by atoms with Crippen LogP contribution >= 0.6 is 0 Å². The van der Waals surface area contributed by atoms with E-state index in [1.54, 1.807) is 0 Å². The van der Waals surface area contributed by atoms with Crippen LogP contribution in [0.1, 0.15) is 46.5 Å². The Morgan fingerprint density at radius 3 is 2.56 bits per heavy atom. The fourth-order valence-corrected chi connectivity index (χ4v) is 5.47. The Bertz CT molecular complexity index is 343. The van der Waals surface area contributed by atoms with Crippen LogP contribution in [0.3, 0.4) is 0 Å². The van der Waals surface area contributed by atoms with Gasteiger partial charge >= 0.3 is 0 Å². The Morgan fingerprint density at radius 2 is 1.94 bits per heavy atom. The van der Waals surface area contributed by atoms with Gasteiger partial charge in [0.2, 0.25) is 0 Å². The molecule has 2 bridgehead atoms. The number of aliphatic hydroxyl groups excluding tert-OH is 1. The van der Waals surface area contributed by atoms with Gasteiger partial charge in [-0.05, 0) is 59.8 Å². The topological polar surface area (TPSA) is 20.2 Å². The molecule has 5 atom stereocenters. The minimum atomic E-state index is -0.218. The monoisotopic (exact) mass is 220 g/mol. The molecule has 3 aliphatic carbocycles. The highest BCUT2D eigenvalue weighted by atomic mass is 16.3. The van der Waals surface area contributed by atoms with Crippen LogP contribution in [0.15, 0.2) is 12.2 Å². The van der Waals surface area contributed by atoms with Crippen molar-refractivity contribution in [1.29, 1.82) is 0 Å². The predicted octanol–water partition coefficient (Wildman–Crippen LogP) is 3.39. The van der Waals surface area contributed by atoms with E-state index in [4.69, 9.17) is 0 Å². The van der Waals surface area contributed by atoms with E-state index in [0.717, 1.165) is 18.3 Å². The van der Waals surface area contributed by atoms with Crippen LogP contribution in [0, 0.1) is 28.6 Å². The molecule has 1 N–H and O–H groups in total. The van der Waals surface area contributed by atoms with Crippen molar-refractivity contribution in [2.45, 2.75) is 52.6 Å².